The molecular weight excluding hydrogens is 327 g/mol. The van der Waals surface area contributed by atoms with E-state index >= 15 is 0 Å². The summed E-state index contributed by atoms with van der Waals surface area (Å²) in [5, 5.41) is 10.8. The van der Waals surface area contributed by atoms with Gasteiger partial charge in [-0.15, -0.1) is 0 Å². The number of anilines is 3. The molecule has 1 saturated heterocycles. The van der Waals surface area contributed by atoms with Crippen LogP contribution in [0.5, 0.6) is 5.75 Å². The largest absolute Gasteiger partial charge is 0.497 e. The molecule has 1 aliphatic heterocycles. The number of hydrogen-bond donors (Lipinski definition) is 1. The molecule has 2 N–H and O–H groups in total. The fraction of sp³-hybridized carbons (Fsp3) is 0.294. The molecule has 2 aromatic rings. The minimum absolute atomic E-state index is 0.0309. The van der Waals surface area contributed by atoms with Crippen LogP contribution in [-0.2, 0) is 0 Å². The smallest absolute Gasteiger partial charge is 0.295 e. The number of nitro groups is 1. The molecule has 1 aliphatic rings. The van der Waals surface area contributed by atoms with E-state index in [1.54, 1.807) is 7.11 Å². The summed E-state index contributed by atoms with van der Waals surface area (Å²) in [5.41, 5.74) is 6.60. The lowest BCUT2D eigenvalue weighted by Gasteiger charge is -2.37. The molecule has 0 aliphatic carbocycles. The maximum absolute atomic E-state index is 14.3. The van der Waals surface area contributed by atoms with Crippen molar-refractivity contribution in [2.24, 2.45) is 0 Å². The first kappa shape index (κ1) is 16.8. The van der Waals surface area contributed by atoms with Gasteiger partial charge in [0.05, 0.1) is 23.8 Å². The van der Waals surface area contributed by atoms with Gasteiger partial charge >= 0.3 is 0 Å². The van der Waals surface area contributed by atoms with Crippen molar-refractivity contribution in [1.82, 2.24) is 0 Å². The van der Waals surface area contributed by atoms with Crippen molar-refractivity contribution in [3.8, 4) is 5.75 Å². The number of rotatable bonds is 4. The van der Waals surface area contributed by atoms with Crippen LogP contribution in [0.1, 0.15) is 0 Å². The van der Waals surface area contributed by atoms with Gasteiger partial charge in [0, 0.05) is 37.9 Å². The summed E-state index contributed by atoms with van der Waals surface area (Å²) < 4.78 is 19.5. The quantitative estimate of drug-likeness (QED) is 0.520. The Hall–Kier alpha value is -3.03. The highest BCUT2D eigenvalue weighted by Crippen LogP contribution is 2.31. The molecule has 0 aromatic heterocycles. The van der Waals surface area contributed by atoms with E-state index in [4.69, 9.17) is 10.5 Å². The molecule has 0 amide bonds. The number of ether oxygens (including phenoxy) is 1. The Balaban J connectivity index is 1.74. The summed E-state index contributed by atoms with van der Waals surface area (Å²) in [6.45, 7) is 2.57. The molecule has 0 unspecified atom stereocenters. The Morgan fingerprint density at radius 2 is 1.84 bits per heavy atom. The van der Waals surface area contributed by atoms with Crippen molar-refractivity contribution >= 4 is 22.7 Å². The van der Waals surface area contributed by atoms with Gasteiger partial charge < -0.3 is 20.3 Å². The maximum Gasteiger partial charge on any atom is 0.295 e. The minimum Gasteiger partial charge on any atom is -0.497 e. The van der Waals surface area contributed by atoms with Crippen molar-refractivity contribution in [2.45, 2.75) is 0 Å². The molecule has 0 bridgehead atoms. The van der Waals surface area contributed by atoms with Crippen LogP contribution in [0.4, 0.5) is 27.1 Å². The summed E-state index contributed by atoms with van der Waals surface area (Å²) in [7, 11) is 1.62. The fourth-order valence-corrected chi connectivity index (χ4v) is 2.98. The molecule has 7 nitrogen and oxygen atoms in total. The van der Waals surface area contributed by atoms with Crippen LogP contribution in [0.15, 0.2) is 36.4 Å². The van der Waals surface area contributed by atoms with E-state index in [1.165, 1.54) is 6.07 Å². The lowest BCUT2D eigenvalue weighted by atomic mass is 10.2. The number of benzene rings is 2. The lowest BCUT2D eigenvalue weighted by Crippen LogP contribution is -2.46. The van der Waals surface area contributed by atoms with E-state index in [9.17, 15) is 14.5 Å². The highest BCUT2D eigenvalue weighted by molar-refractivity contribution is 5.68. The first-order valence-corrected chi connectivity index (χ1v) is 7.87. The van der Waals surface area contributed by atoms with Crippen LogP contribution < -0.4 is 20.3 Å². The molecule has 0 spiro atoms. The van der Waals surface area contributed by atoms with Gasteiger partial charge in [0.25, 0.3) is 5.69 Å². The third-order valence-electron chi connectivity index (χ3n) is 4.33. The number of halogens is 1. The van der Waals surface area contributed by atoms with E-state index < -0.39 is 16.4 Å². The van der Waals surface area contributed by atoms with Crippen LogP contribution in [0, 0.1) is 15.9 Å². The monoisotopic (exact) mass is 346 g/mol. The van der Waals surface area contributed by atoms with Crippen molar-refractivity contribution in [1.29, 1.82) is 0 Å². The van der Waals surface area contributed by atoms with E-state index in [2.05, 4.69) is 4.90 Å². The molecule has 0 saturated carbocycles. The van der Waals surface area contributed by atoms with Crippen LogP contribution >= 0.6 is 0 Å². The maximum atomic E-state index is 14.3. The summed E-state index contributed by atoms with van der Waals surface area (Å²) >= 11 is 0. The average Bonchev–Trinajstić information content (AvgIpc) is 2.63. The van der Waals surface area contributed by atoms with Gasteiger partial charge in [-0.2, -0.15) is 0 Å². The number of nitrogens with two attached hydrogens (primary N) is 1. The van der Waals surface area contributed by atoms with E-state index in [1.807, 2.05) is 29.2 Å². The second-order valence-electron chi connectivity index (χ2n) is 5.80. The summed E-state index contributed by atoms with van der Waals surface area (Å²) in [4.78, 5) is 14.2. The lowest BCUT2D eigenvalue weighted by molar-refractivity contribution is -0.384. The normalized spacial score (nSPS) is 14.5. The van der Waals surface area contributed by atoms with Gasteiger partial charge in [0.15, 0.2) is 5.82 Å². The number of nitrogen functional groups attached to an aromatic ring is 1. The zero-order valence-corrected chi connectivity index (χ0v) is 13.8. The predicted octanol–water partition coefficient (Wildman–Crippen LogP) is 2.65. The molecular formula is C17H19FN4O3. The Kier molecular flexibility index (Phi) is 4.60. The Morgan fingerprint density at radius 3 is 2.48 bits per heavy atom. The van der Waals surface area contributed by atoms with Gasteiger partial charge in [-0.3, -0.25) is 10.1 Å². The Morgan fingerprint density at radius 1 is 1.16 bits per heavy atom. The van der Waals surface area contributed by atoms with Crippen molar-refractivity contribution in [3.05, 3.63) is 52.3 Å². The molecule has 2 aromatic carbocycles. The predicted molar refractivity (Wildman–Crippen MR) is 94.9 cm³/mol. The van der Waals surface area contributed by atoms with Crippen LogP contribution in [0.2, 0.25) is 0 Å². The third-order valence-corrected chi connectivity index (χ3v) is 4.33. The van der Waals surface area contributed by atoms with Crippen molar-refractivity contribution in [2.75, 3.05) is 48.8 Å². The van der Waals surface area contributed by atoms with E-state index in [0.717, 1.165) is 17.5 Å². The molecule has 25 heavy (non-hydrogen) atoms. The topological polar surface area (TPSA) is 84.9 Å². The van der Waals surface area contributed by atoms with Crippen LogP contribution in [0.25, 0.3) is 0 Å². The van der Waals surface area contributed by atoms with Crippen LogP contribution in [0.3, 0.4) is 0 Å². The fourth-order valence-electron chi connectivity index (χ4n) is 2.98. The zero-order chi connectivity index (χ0) is 18.0. The number of nitrogens with zero attached hydrogens (tertiary/aromatic N) is 3. The molecule has 0 radical (unpaired) electrons. The highest BCUT2D eigenvalue weighted by atomic mass is 19.1. The first-order valence-electron chi connectivity index (χ1n) is 7.87. The van der Waals surface area contributed by atoms with Crippen molar-refractivity contribution in [3.63, 3.8) is 0 Å². The summed E-state index contributed by atoms with van der Waals surface area (Å²) in [6.07, 6.45) is 0. The second kappa shape index (κ2) is 6.84. The number of methoxy groups -OCH3 is 1. The highest BCUT2D eigenvalue weighted by Gasteiger charge is 2.23. The SMILES string of the molecule is COc1cccc(N2CCN(c3cc(N)c([N+](=O)[O-])cc3F)CC2)c1. The average molecular weight is 346 g/mol. The number of nitro benzene ring substituents is 1. The van der Waals surface area contributed by atoms with Crippen molar-refractivity contribution < 1.29 is 14.1 Å². The van der Waals surface area contributed by atoms with Gasteiger partial charge in [-0.05, 0) is 18.2 Å². The second-order valence-corrected chi connectivity index (χ2v) is 5.80. The molecule has 8 heteroatoms. The van der Waals surface area contributed by atoms with Gasteiger partial charge in [0.2, 0.25) is 0 Å². The van der Waals surface area contributed by atoms with Gasteiger partial charge in [-0.1, -0.05) is 6.07 Å². The number of piperazine rings is 1. The Bertz CT molecular complexity index is 791. The summed E-state index contributed by atoms with van der Waals surface area (Å²) in [6, 6.07) is 10.0. The van der Waals surface area contributed by atoms with E-state index in [0.29, 0.717) is 31.9 Å². The third kappa shape index (κ3) is 3.42. The van der Waals surface area contributed by atoms with Gasteiger partial charge in [0.1, 0.15) is 11.4 Å². The van der Waals surface area contributed by atoms with Gasteiger partial charge in [-0.25, -0.2) is 4.39 Å². The van der Waals surface area contributed by atoms with E-state index in [-0.39, 0.29) is 5.69 Å². The summed E-state index contributed by atoms with van der Waals surface area (Å²) in [5.74, 6) is 0.157. The molecule has 132 valence electrons. The molecule has 1 heterocycles. The zero-order valence-electron chi connectivity index (χ0n) is 13.8. The first-order chi connectivity index (χ1) is 12.0. The molecule has 1 fully saturated rings. The Labute approximate surface area is 144 Å². The molecule has 3 rings (SSSR count). The minimum atomic E-state index is -0.678. The molecule has 0 atom stereocenters. The van der Waals surface area contributed by atoms with Crippen LogP contribution in [-0.4, -0.2) is 38.2 Å². The standard InChI is InChI=1S/C17H19FN4O3/c1-25-13-4-2-3-12(9-13)20-5-7-21(8-6-20)16-11-15(19)17(22(23)24)10-14(16)18/h2-4,9-11H,5-8,19H2,1H3. The number of hydrogen-bond acceptors (Lipinski definition) is 6.